The Morgan fingerprint density at radius 3 is 1.84 bits per heavy atom. The van der Waals surface area contributed by atoms with E-state index in [9.17, 15) is 0 Å². The van der Waals surface area contributed by atoms with E-state index in [1.807, 2.05) is 6.07 Å². The maximum atomic E-state index is 6.76. The van der Waals surface area contributed by atoms with Crippen LogP contribution in [0.3, 0.4) is 0 Å². The second kappa shape index (κ2) is 12.7. The largest absolute Gasteiger partial charge is 0.457 e. The van der Waals surface area contributed by atoms with Crippen LogP contribution in [0.15, 0.2) is 176 Å². The van der Waals surface area contributed by atoms with Crippen LogP contribution in [0, 0.1) is 0 Å². The SMILES string of the molecule is CC(C)c1ccccc1N1CN(c2cccc(Oc3ccc4c5ccccc5n(-c5cc6c(cn5)C5c7ccccc7C6c6ccccc65)c4c3)c2)c2ccccc21. The summed E-state index contributed by atoms with van der Waals surface area (Å²) in [5, 5.41) is 2.36. The Balaban J connectivity index is 0.924. The molecule has 2 bridgehead atoms. The molecular formula is C53H40N4O. The Bertz CT molecular complexity index is 3060. The summed E-state index contributed by atoms with van der Waals surface area (Å²) in [6.45, 7) is 5.24. The van der Waals surface area contributed by atoms with Crippen molar-refractivity contribution in [3.05, 3.63) is 215 Å². The molecule has 5 nitrogen and oxygen atoms in total. The standard InChI is InChI=1S/C53H40N4O/c1-33(2)37-16-7-9-22-46(37)56-32-55(48-24-11-12-25-49(48)56)34-14-13-15-35(28-34)58-36-26-27-39-38-17-8-10-23-47(38)57(50(39)29-36)51-30-44-45(31-54-51)53-42-20-5-3-18-40(42)52(44)41-19-4-6-21-43(41)53/h3-31,33,52-53H,32H2,1-2H3. The number of para-hydroxylation sites is 4. The molecule has 0 fully saturated rings. The molecule has 0 saturated heterocycles. The molecule has 5 heteroatoms. The van der Waals surface area contributed by atoms with E-state index in [4.69, 9.17) is 9.72 Å². The van der Waals surface area contributed by atoms with Gasteiger partial charge < -0.3 is 14.5 Å². The smallest absolute Gasteiger partial charge is 0.137 e. The van der Waals surface area contributed by atoms with Crippen molar-refractivity contribution in [2.45, 2.75) is 31.6 Å². The summed E-state index contributed by atoms with van der Waals surface area (Å²) in [4.78, 5) is 10.1. The van der Waals surface area contributed by atoms with Crippen molar-refractivity contribution in [3.8, 4) is 17.3 Å². The fourth-order valence-electron chi connectivity index (χ4n) is 10.1. The van der Waals surface area contributed by atoms with Crippen LogP contribution in [0.25, 0.3) is 27.6 Å². The minimum Gasteiger partial charge on any atom is -0.457 e. The monoisotopic (exact) mass is 748 g/mol. The van der Waals surface area contributed by atoms with Gasteiger partial charge in [-0.15, -0.1) is 0 Å². The molecular weight excluding hydrogens is 709 g/mol. The lowest BCUT2D eigenvalue weighted by molar-refractivity contribution is 0.483. The predicted octanol–water partition coefficient (Wildman–Crippen LogP) is 13.3. The summed E-state index contributed by atoms with van der Waals surface area (Å²) in [7, 11) is 0. The van der Waals surface area contributed by atoms with Gasteiger partial charge in [-0.05, 0) is 99.5 Å². The third-order valence-electron chi connectivity index (χ3n) is 12.6. The van der Waals surface area contributed by atoms with Crippen LogP contribution in [0.2, 0.25) is 0 Å². The van der Waals surface area contributed by atoms with E-state index >= 15 is 0 Å². The lowest BCUT2D eigenvalue weighted by atomic mass is 9.61. The number of rotatable bonds is 6. The van der Waals surface area contributed by atoms with Crippen molar-refractivity contribution in [2.75, 3.05) is 16.5 Å². The molecule has 13 rings (SSSR count). The maximum Gasteiger partial charge on any atom is 0.137 e. The van der Waals surface area contributed by atoms with Crippen molar-refractivity contribution in [1.29, 1.82) is 0 Å². The molecule has 0 saturated carbocycles. The Kier molecular flexibility index (Phi) is 7.24. The van der Waals surface area contributed by atoms with Gasteiger partial charge in [0, 0.05) is 52.3 Å². The van der Waals surface area contributed by atoms with E-state index in [1.165, 1.54) is 66.8 Å². The first-order valence-corrected chi connectivity index (χ1v) is 20.3. The molecule has 7 aromatic carbocycles. The van der Waals surface area contributed by atoms with Crippen LogP contribution in [-0.4, -0.2) is 16.2 Å². The number of ether oxygens (including phenoxy) is 1. The van der Waals surface area contributed by atoms with Crippen molar-refractivity contribution >= 4 is 44.6 Å². The lowest BCUT2D eigenvalue weighted by Gasteiger charge is -2.42. The van der Waals surface area contributed by atoms with Gasteiger partial charge in [0.05, 0.1) is 22.4 Å². The second-order valence-electron chi connectivity index (χ2n) is 16.1. The summed E-state index contributed by atoms with van der Waals surface area (Å²) in [6.07, 6.45) is 2.14. The average molecular weight is 749 g/mol. The predicted molar refractivity (Wildman–Crippen MR) is 236 cm³/mol. The molecule has 9 aromatic rings. The summed E-state index contributed by atoms with van der Waals surface area (Å²) >= 11 is 0. The third-order valence-corrected chi connectivity index (χ3v) is 12.6. The van der Waals surface area contributed by atoms with Gasteiger partial charge >= 0.3 is 0 Å². The van der Waals surface area contributed by atoms with Gasteiger partial charge in [0.1, 0.15) is 24.0 Å². The zero-order chi connectivity index (χ0) is 38.5. The number of aromatic nitrogens is 2. The highest BCUT2D eigenvalue weighted by Gasteiger charge is 2.41. The number of hydrogen-bond acceptors (Lipinski definition) is 4. The number of hydrogen-bond donors (Lipinski definition) is 0. The fourth-order valence-corrected chi connectivity index (χ4v) is 10.1. The highest BCUT2D eigenvalue weighted by Crippen LogP contribution is 2.56. The third kappa shape index (κ3) is 4.86. The van der Waals surface area contributed by atoms with Gasteiger partial charge in [-0.2, -0.15) is 0 Å². The Morgan fingerprint density at radius 1 is 0.500 bits per heavy atom. The van der Waals surface area contributed by atoms with E-state index in [0.717, 1.165) is 34.0 Å². The van der Waals surface area contributed by atoms with Gasteiger partial charge in [0.25, 0.3) is 0 Å². The van der Waals surface area contributed by atoms with E-state index < -0.39 is 0 Å². The molecule has 0 radical (unpaired) electrons. The van der Waals surface area contributed by atoms with Crippen molar-refractivity contribution in [2.24, 2.45) is 0 Å². The molecule has 0 unspecified atom stereocenters. The van der Waals surface area contributed by atoms with Crippen molar-refractivity contribution in [1.82, 2.24) is 9.55 Å². The molecule has 278 valence electrons. The fraction of sp³-hybridized carbons (Fsp3) is 0.113. The van der Waals surface area contributed by atoms with Crippen LogP contribution in [0.1, 0.15) is 70.5 Å². The molecule has 58 heavy (non-hydrogen) atoms. The quantitative estimate of drug-likeness (QED) is 0.170. The Labute approximate surface area is 338 Å². The number of anilines is 4. The molecule has 0 amide bonds. The lowest BCUT2D eigenvalue weighted by Crippen LogP contribution is -2.27. The van der Waals surface area contributed by atoms with Crippen LogP contribution < -0.4 is 14.5 Å². The van der Waals surface area contributed by atoms with E-state index in [1.54, 1.807) is 0 Å². The molecule has 3 aliphatic carbocycles. The van der Waals surface area contributed by atoms with Gasteiger partial charge in [-0.3, -0.25) is 4.57 Å². The van der Waals surface area contributed by atoms with Crippen LogP contribution >= 0.6 is 0 Å². The second-order valence-corrected chi connectivity index (χ2v) is 16.1. The van der Waals surface area contributed by atoms with Gasteiger partial charge in [0.15, 0.2) is 0 Å². The highest BCUT2D eigenvalue weighted by molar-refractivity contribution is 6.09. The first-order chi connectivity index (χ1) is 28.6. The van der Waals surface area contributed by atoms with Crippen LogP contribution in [0.4, 0.5) is 22.7 Å². The number of nitrogens with zero attached hydrogens (tertiary/aromatic N) is 4. The number of fused-ring (bicyclic) bond motifs is 4. The van der Waals surface area contributed by atoms with E-state index in [-0.39, 0.29) is 11.8 Å². The normalized spacial score (nSPS) is 16.1. The Morgan fingerprint density at radius 2 is 1.10 bits per heavy atom. The summed E-state index contributed by atoms with van der Waals surface area (Å²) in [6, 6.07) is 61.3. The highest BCUT2D eigenvalue weighted by atomic mass is 16.5. The van der Waals surface area contributed by atoms with E-state index in [2.05, 4.69) is 198 Å². The summed E-state index contributed by atoms with van der Waals surface area (Å²) in [5.41, 5.74) is 16.5. The van der Waals surface area contributed by atoms with Crippen molar-refractivity contribution < 1.29 is 4.74 Å². The number of benzene rings is 7. The first-order valence-electron chi connectivity index (χ1n) is 20.3. The molecule has 1 aliphatic heterocycles. The molecule has 0 spiro atoms. The molecule has 2 aromatic heterocycles. The van der Waals surface area contributed by atoms with Crippen molar-refractivity contribution in [3.63, 3.8) is 0 Å². The molecule has 3 heterocycles. The molecule has 0 atom stereocenters. The topological polar surface area (TPSA) is 33.5 Å². The summed E-state index contributed by atoms with van der Waals surface area (Å²) < 4.78 is 9.08. The van der Waals surface area contributed by atoms with Gasteiger partial charge in [0.2, 0.25) is 0 Å². The molecule has 4 aliphatic rings. The van der Waals surface area contributed by atoms with Gasteiger partial charge in [-0.1, -0.05) is 117 Å². The number of pyridine rings is 1. The summed E-state index contributed by atoms with van der Waals surface area (Å²) in [5.74, 6) is 3.27. The van der Waals surface area contributed by atoms with Crippen LogP contribution in [0.5, 0.6) is 11.5 Å². The Hall–Kier alpha value is -7.11. The minimum absolute atomic E-state index is 0.174. The van der Waals surface area contributed by atoms with Crippen LogP contribution in [-0.2, 0) is 0 Å². The van der Waals surface area contributed by atoms with Gasteiger partial charge in [-0.25, -0.2) is 4.98 Å². The maximum absolute atomic E-state index is 6.76. The zero-order valence-corrected chi connectivity index (χ0v) is 32.4. The average Bonchev–Trinajstić information content (AvgIpc) is 3.82. The zero-order valence-electron chi connectivity index (χ0n) is 32.4. The van der Waals surface area contributed by atoms with E-state index in [0.29, 0.717) is 12.6 Å². The first kappa shape index (κ1) is 33.1. The molecule has 0 N–H and O–H groups in total. The minimum atomic E-state index is 0.174.